The summed E-state index contributed by atoms with van der Waals surface area (Å²) in [6.45, 7) is 2.45. The van der Waals surface area contributed by atoms with Gasteiger partial charge in [-0.3, -0.25) is 0 Å². The summed E-state index contributed by atoms with van der Waals surface area (Å²) in [5.41, 5.74) is 0.646. The third-order valence-electron chi connectivity index (χ3n) is 3.53. The van der Waals surface area contributed by atoms with Crippen molar-refractivity contribution in [2.45, 2.75) is 6.92 Å². The molecule has 0 saturated carbocycles. The lowest BCUT2D eigenvalue weighted by Gasteiger charge is -2.09. The van der Waals surface area contributed by atoms with Gasteiger partial charge in [-0.05, 0) is 25.1 Å². The van der Waals surface area contributed by atoms with Gasteiger partial charge in [-0.15, -0.1) is 0 Å². The maximum absolute atomic E-state index is 12.3. The molecule has 0 N–H and O–H groups in total. The summed E-state index contributed by atoms with van der Waals surface area (Å²) in [6.07, 6.45) is 0. The van der Waals surface area contributed by atoms with Crippen LogP contribution < -0.4 is 19.8 Å². The lowest BCUT2D eigenvalue weighted by atomic mass is 10.2. The Labute approximate surface area is 138 Å². The largest absolute Gasteiger partial charge is 0.494 e. The van der Waals surface area contributed by atoms with Crippen LogP contribution in [0.25, 0.3) is 22.4 Å². The fourth-order valence-corrected chi connectivity index (χ4v) is 2.41. The number of hydrogen-bond acceptors (Lipinski definition) is 6. The van der Waals surface area contributed by atoms with Crippen molar-refractivity contribution in [3.63, 3.8) is 0 Å². The molecule has 6 heteroatoms. The molecule has 0 bridgehead atoms. The van der Waals surface area contributed by atoms with Crippen LogP contribution in [0.4, 0.5) is 0 Å². The van der Waals surface area contributed by atoms with E-state index in [2.05, 4.69) is 4.98 Å². The van der Waals surface area contributed by atoms with E-state index in [1.165, 1.54) is 14.2 Å². The number of nitrogens with zero attached hydrogens (tertiary/aromatic N) is 1. The van der Waals surface area contributed by atoms with E-state index in [0.717, 1.165) is 0 Å². The minimum atomic E-state index is -0.488. The first kappa shape index (κ1) is 15.9. The van der Waals surface area contributed by atoms with Crippen molar-refractivity contribution in [3.8, 4) is 28.7 Å². The maximum atomic E-state index is 12.3. The first-order chi connectivity index (χ1) is 11.7. The van der Waals surface area contributed by atoms with Gasteiger partial charge in [-0.2, -0.15) is 0 Å². The molecule has 0 radical (unpaired) electrons. The summed E-state index contributed by atoms with van der Waals surface area (Å²) in [7, 11) is 3.04. The van der Waals surface area contributed by atoms with Gasteiger partial charge >= 0.3 is 5.63 Å². The highest BCUT2D eigenvalue weighted by molar-refractivity contribution is 5.82. The maximum Gasteiger partial charge on any atom is 0.347 e. The Hall–Kier alpha value is -3.02. The van der Waals surface area contributed by atoms with Gasteiger partial charge in [0.05, 0.1) is 31.7 Å². The van der Waals surface area contributed by atoms with Gasteiger partial charge in [0.25, 0.3) is 0 Å². The van der Waals surface area contributed by atoms with Crippen LogP contribution in [0.2, 0.25) is 0 Å². The molecule has 0 fully saturated rings. The summed E-state index contributed by atoms with van der Waals surface area (Å²) >= 11 is 0. The number of rotatable bonds is 5. The van der Waals surface area contributed by atoms with Crippen LogP contribution in [-0.4, -0.2) is 25.8 Å². The molecule has 1 heterocycles. The number of ether oxygens (including phenoxy) is 3. The van der Waals surface area contributed by atoms with Gasteiger partial charge in [0, 0.05) is 17.7 Å². The predicted molar refractivity (Wildman–Crippen MR) is 90.0 cm³/mol. The molecule has 0 atom stereocenters. The molecular formula is C18H17NO5. The third-order valence-corrected chi connectivity index (χ3v) is 3.53. The molecule has 24 heavy (non-hydrogen) atoms. The standard InChI is InChI=1S/C18H17NO5/c1-4-23-12-7-5-6-11(8-12)17-19-14-10-16(22-3)15(21-2)9-13(14)18(20)24-17/h5-10H,4H2,1-3H3. The Kier molecular flexibility index (Phi) is 4.37. The summed E-state index contributed by atoms with van der Waals surface area (Å²) in [6, 6.07) is 10.5. The van der Waals surface area contributed by atoms with Crippen molar-refractivity contribution in [1.82, 2.24) is 4.98 Å². The number of benzene rings is 2. The smallest absolute Gasteiger partial charge is 0.347 e. The third kappa shape index (κ3) is 2.90. The first-order valence-electron chi connectivity index (χ1n) is 7.46. The van der Waals surface area contributed by atoms with Crippen LogP contribution in [-0.2, 0) is 0 Å². The van der Waals surface area contributed by atoms with E-state index in [1.807, 2.05) is 19.1 Å². The zero-order chi connectivity index (χ0) is 17.1. The van der Waals surface area contributed by atoms with Crippen molar-refractivity contribution < 1.29 is 18.6 Å². The quantitative estimate of drug-likeness (QED) is 0.716. The van der Waals surface area contributed by atoms with Gasteiger partial charge in [0.15, 0.2) is 11.5 Å². The van der Waals surface area contributed by atoms with E-state index < -0.39 is 5.63 Å². The highest BCUT2D eigenvalue weighted by Gasteiger charge is 2.13. The van der Waals surface area contributed by atoms with E-state index >= 15 is 0 Å². The predicted octanol–water partition coefficient (Wildman–Crippen LogP) is 3.27. The molecule has 3 rings (SSSR count). The Balaban J connectivity index is 2.17. The van der Waals surface area contributed by atoms with Crippen LogP contribution in [0.1, 0.15) is 6.92 Å². The normalized spacial score (nSPS) is 10.6. The van der Waals surface area contributed by atoms with Crippen LogP contribution in [0, 0.1) is 0 Å². The molecular weight excluding hydrogens is 310 g/mol. The lowest BCUT2D eigenvalue weighted by Crippen LogP contribution is -2.04. The van der Waals surface area contributed by atoms with Gasteiger partial charge < -0.3 is 18.6 Å². The molecule has 0 amide bonds. The molecule has 0 unspecified atom stereocenters. The van der Waals surface area contributed by atoms with Crippen LogP contribution in [0.3, 0.4) is 0 Å². The summed E-state index contributed by atoms with van der Waals surface area (Å²) < 4.78 is 21.3. The van der Waals surface area contributed by atoms with Crippen molar-refractivity contribution in [3.05, 3.63) is 46.8 Å². The Morgan fingerprint density at radius 1 is 1.08 bits per heavy atom. The topological polar surface area (TPSA) is 70.8 Å². The Morgan fingerprint density at radius 3 is 2.54 bits per heavy atom. The summed E-state index contributed by atoms with van der Waals surface area (Å²) in [5, 5.41) is 0.331. The molecule has 6 nitrogen and oxygen atoms in total. The highest BCUT2D eigenvalue weighted by atomic mass is 16.5. The number of hydrogen-bond donors (Lipinski definition) is 0. The van der Waals surface area contributed by atoms with Gasteiger partial charge in [-0.25, -0.2) is 9.78 Å². The molecule has 0 aliphatic rings. The van der Waals surface area contributed by atoms with Crippen molar-refractivity contribution in [2.75, 3.05) is 20.8 Å². The fraction of sp³-hybridized carbons (Fsp3) is 0.222. The molecule has 3 aromatic rings. The monoisotopic (exact) mass is 327 g/mol. The van der Waals surface area contributed by atoms with Gasteiger partial charge in [-0.1, -0.05) is 6.07 Å². The zero-order valence-corrected chi connectivity index (χ0v) is 13.7. The molecule has 2 aromatic carbocycles. The van der Waals surface area contributed by atoms with Crippen molar-refractivity contribution in [2.24, 2.45) is 0 Å². The lowest BCUT2D eigenvalue weighted by molar-refractivity contribution is 0.340. The minimum Gasteiger partial charge on any atom is -0.494 e. The van der Waals surface area contributed by atoms with Gasteiger partial charge in [0.1, 0.15) is 5.75 Å². The number of fused-ring (bicyclic) bond motifs is 1. The van der Waals surface area contributed by atoms with Crippen molar-refractivity contribution in [1.29, 1.82) is 0 Å². The average Bonchev–Trinajstić information content (AvgIpc) is 2.61. The second kappa shape index (κ2) is 6.62. The number of methoxy groups -OCH3 is 2. The molecule has 0 saturated heterocycles. The van der Waals surface area contributed by atoms with E-state index in [1.54, 1.807) is 24.3 Å². The minimum absolute atomic E-state index is 0.223. The SMILES string of the molecule is CCOc1cccc(-c2nc3cc(OC)c(OC)cc3c(=O)o2)c1. The molecule has 124 valence electrons. The van der Waals surface area contributed by atoms with Gasteiger partial charge in [0.2, 0.25) is 5.89 Å². The summed E-state index contributed by atoms with van der Waals surface area (Å²) in [4.78, 5) is 16.8. The molecule has 0 spiro atoms. The first-order valence-corrected chi connectivity index (χ1v) is 7.46. The fourth-order valence-electron chi connectivity index (χ4n) is 2.41. The average molecular weight is 327 g/mol. The Morgan fingerprint density at radius 2 is 1.83 bits per heavy atom. The molecule has 0 aliphatic carbocycles. The van der Waals surface area contributed by atoms with E-state index in [0.29, 0.717) is 40.3 Å². The highest BCUT2D eigenvalue weighted by Crippen LogP contribution is 2.31. The zero-order valence-electron chi connectivity index (χ0n) is 13.7. The summed E-state index contributed by atoms with van der Waals surface area (Å²) in [5.74, 6) is 1.86. The second-order valence-corrected chi connectivity index (χ2v) is 4.99. The van der Waals surface area contributed by atoms with E-state index in [4.69, 9.17) is 18.6 Å². The van der Waals surface area contributed by atoms with Crippen LogP contribution in [0.15, 0.2) is 45.6 Å². The molecule has 0 aliphatic heterocycles. The Bertz CT molecular complexity index is 932. The number of aromatic nitrogens is 1. The van der Waals surface area contributed by atoms with Crippen molar-refractivity contribution >= 4 is 10.9 Å². The van der Waals surface area contributed by atoms with E-state index in [-0.39, 0.29) is 5.89 Å². The second-order valence-electron chi connectivity index (χ2n) is 4.99. The van der Waals surface area contributed by atoms with Crippen LogP contribution in [0.5, 0.6) is 17.2 Å². The van der Waals surface area contributed by atoms with E-state index in [9.17, 15) is 4.79 Å². The molecule has 1 aromatic heterocycles. The van der Waals surface area contributed by atoms with Crippen LogP contribution >= 0.6 is 0 Å².